The van der Waals surface area contributed by atoms with Gasteiger partial charge in [-0.3, -0.25) is 9.59 Å². The predicted octanol–water partition coefficient (Wildman–Crippen LogP) is 3.68. The molecule has 1 aliphatic carbocycles. The smallest absolute Gasteiger partial charge is 0.148 e. The Morgan fingerprint density at radius 3 is 2.26 bits per heavy atom. The molecule has 0 atom stereocenters. The van der Waals surface area contributed by atoms with E-state index in [-0.39, 0.29) is 17.0 Å². The highest BCUT2D eigenvalue weighted by atomic mass is 16.5. The maximum atomic E-state index is 12.9. The van der Waals surface area contributed by atoms with Crippen molar-refractivity contribution in [3.63, 3.8) is 0 Å². The van der Waals surface area contributed by atoms with Gasteiger partial charge in [-0.05, 0) is 55.2 Å². The van der Waals surface area contributed by atoms with Gasteiger partial charge in [0.1, 0.15) is 17.5 Å². The summed E-state index contributed by atoms with van der Waals surface area (Å²) in [5.41, 5.74) is 4.27. The molecule has 1 aromatic rings. The zero-order valence-corrected chi connectivity index (χ0v) is 14.4. The highest BCUT2D eigenvalue weighted by Gasteiger charge is 2.46. The van der Waals surface area contributed by atoms with Crippen molar-refractivity contribution in [2.75, 3.05) is 13.2 Å². The highest BCUT2D eigenvalue weighted by molar-refractivity contribution is 6.10. The van der Waals surface area contributed by atoms with Crippen LogP contribution in [-0.2, 0) is 20.7 Å². The molecule has 1 spiro atoms. The largest absolute Gasteiger partial charge is 0.381 e. The summed E-state index contributed by atoms with van der Waals surface area (Å²) < 4.78 is 5.43. The van der Waals surface area contributed by atoms with Crippen molar-refractivity contribution in [3.05, 3.63) is 34.4 Å². The fourth-order valence-corrected chi connectivity index (χ4v) is 4.44. The van der Waals surface area contributed by atoms with Crippen LogP contribution in [0.3, 0.4) is 0 Å². The maximum Gasteiger partial charge on any atom is 0.148 e. The second kappa shape index (κ2) is 6.20. The van der Waals surface area contributed by atoms with Gasteiger partial charge in [-0.1, -0.05) is 24.6 Å². The number of benzene rings is 1. The summed E-state index contributed by atoms with van der Waals surface area (Å²) in [5, 5.41) is 0. The van der Waals surface area contributed by atoms with E-state index < -0.39 is 5.92 Å². The molecule has 1 saturated heterocycles. The van der Waals surface area contributed by atoms with Crippen LogP contribution in [0, 0.1) is 19.3 Å². The van der Waals surface area contributed by atoms with E-state index >= 15 is 0 Å². The molecule has 3 heteroatoms. The minimum Gasteiger partial charge on any atom is -0.381 e. The van der Waals surface area contributed by atoms with Crippen molar-refractivity contribution in [1.82, 2.24) is 0 Å². The average Bonchev–Trinajstić information content (AvgIpc) is 2.48. The van der Waals surface area contributed by atoms with Gasteiger partial charge in [-0.25, -0.2) is 0 Å². The number of carbonyl (C=O) groups excluding carboxylic acids is 2. The summed E-state index contributed by atoms with van der Waals surface area (Å²) in [7, 11) is 0. The van der Waals surface area contributed by atoms with Gasteiger partial charge in [0.15, 0.2) is 0 Å². The monoisotopic (exact) mass is 314 g/mol. The molecule has 2 fully saturated rings. The van der Waals surface area contributed by atoms with Crippen LogP contribution >= 0.6 is 0 Å². The molecule has 1 aromatic carbocycles. The molecule has 0 aromatic heterocycles. The Balaban J connectivity index is 1.96. The first-order valence-electron chi connectivity index (χ1n) is 8.69. The first-order valence-corrected chi connectivity index (χ1v) is 8.69. The Morgan fingerprint density at radius 2 is 1.70 bits per heavy atom. The van der Waals surface area contributed by atoms with Gasteiger partial charge >= 0.3 is 0 Å². The second-order valence-electron chi connectivity index (χ2n) is 7.34. The molecular formula is C20H26O3. The molecule has 1 saturated carbocycles. The predicted molar refractivity (Wildman–Crippen MR) is 89.8 cm³/mol. The highest BCUT2D eigenvalue weighted by Crippen LogP contribution is 2.46. The molecule has 0 N–H and O–H groups in total. The first kappa shape index (κ1) is 16.4. The molecular weight excluding hydrogens is 288 g/mol. The van der Waals surface area contributed by atoms with Gasteiger partial charge in [0.25, 0.3) is 0 Å². The second-order valence-corrected chi connectivity index (χ2v) is 7.34. The Labute approximate surface area is 138 Å². The summed E-state index contributed by atoms with van der Waals surface area (Å²) in [4.78, 5) is 25.8. The minimum atomic E-state index is -0.543. The Kier molecular flexibility index (Phi) is 4.41. The third-order valence-electron chi connectivity index (χ3n) is 5.58. The van der Waals surface area contributed by atoms with Crippen LogP contribution in [-0.4, -0.2) is 24.8 Å². The number of carbonyl (C=O) groups is 2. The number of Topliss-reactive ketones (excluding diaryl/α,β-unsaturated/α-hetero) is 2. The van der Waals surface area contributed by atoms with E-state index in [1.165, 1.54) is 5.56 Å². The van der Waals surface area contributed by atoms with Crippen molar-refractivity contribution in [1.29, 1.82) is 0 Å². The van der Waals surface area contributed by atoms with E-state index in [2.05, 4.69) is 26.0 Å². The zero-order valence-electron chi connectivity index (χ0n) is 14.4. The minimum absolute atomic E-state index is 0.116. The fourth-order valence-electron chi connectivity index (χ4n) is 4.44. The van der Waals surface area contributed by atoms with E-state index in [1.807, 2.05) is 6.92 Å². The van der Waals surface area contributed by atoms with E-state index in [0.717, 1.165) is 36.0 Å². The van der Waals surface area contributed by atoms with Crippen LogP contribution in [0.1, 0.15) is 60.8 Å². The number of ether oxygens (including phenoxy) is 1. The molecule has 0 amide bonds. The zero-order chi connectivity index (χ0) is 16.6. The lowest BCUT2D eigenvalue weighted by Gasteiger charge is -2.41. The standard InChI is InChI=1S/C20H26O3/c1-4-15-10-13(2)9-14(3)18(15)19-16(21)11-20(12-17(19)22)5-7-23-8-6-20/h9-10,19H,4-8,11-12H2,1-3H3. The van der Waals surface area contributed by atoms with Crippen LogP contribution in [0.4, 0.5) is 0 Å². The van der Waals surface area contributed by atoms with Gasteiger partial charge in [0.2, 0.25) is 0 Å². The molecule has 0 bridgehead atoms. The van der Waals surface area contributed by atoms with Crippen molar-refractivity contribution >= 4 is 11.6 Å². The van der Waals surface area contributed by atoms with Crippen LogP contribution in [0.2, 0.25) is 0 Å². The molecule has 2 aliphatic rings. The molecule has 1 aliphatic heterocycles. The third-order valence-corrected chi connectivity index (χ3v) is 5.58. The van der Waals surface area contributed by atoms with Crippen molar-refractivity contribution in [2.45, 2.75) is 58.8 Å². The number of rotatable bonds is 2. The Bertz CT molecular complexity index is 619. The fraction of sp³-hybridized carbons (Fsp3) is 0.600. The molecule has 23 heavy (non-hydrogen) atoms. The van der Waals surface area contributed by atoms with Crippen LogP contribution in [0.5, 0.6) is 0 Å². The normalized spacial score (nSPS) is 21.9. The summed E-state index contributed by atoms with van der Waals surface area (Å²) >= 11 is 0. The average molecular weight is 314 g/mol. The summed E-state index contributed by atoms with van der Waals surface area (Å²) in [6, 6.07) is 4.22. The van der Waals surface area contributed by atoms with Gasteiger partial charge in [0, 0.05) is 26.1 Å². The first-order chi connectivity index (χ1) is 11.0. The van der Waals surface area contributed by atoms with Crippen LogP contribution < -0.4 is 0 Å². The van der Waals surface area contributed by atoms with Crippen molar-refractivity contribution in [3.8, 4) is 0 Å². The van der Waals surface area contributed by atoms with Gasteiger partial charge in [-0.15, -0.1) is 0 Å². The maximum absolute atomic E-state index is 12.9. The Hall–Kier alpha value is -1.48. The van der Waals surface area contributed by atoms with Crippen LogP contribution in [0.25, 0.3) is 0 Å². The van der Waals surface area contributed by atoms with Crippen LogP contribution in [0.15, 0.2) is 12.1 Å². The topological polar surface area (TPSA) is 43.4 Å². The molecule has 0 radical (unpaired) electrons. The SMILES string of the molecule is CCc1cc(C)cc(C)c1C1C(=O)CC2(CCOCC2)CC1=O. The number of ketones is 2. The van der Waals surface area contributed by atoms with Crippen molar-refractivity contribution in [2.24, 2.45) is 5.41 Å². The van der Waals surface area contributed by atoms with E-state index in [0.29, 0.717) is 26.1 Å². The number of hydrogen-bond donors (Lipinski definition) is 0. The van der Waals surface area contributed by atoms with E-state index in [1.54, 1.807) is 0 Å². The summed E-state index contributed by atoms with van der Waals surface area (Å²) in [5.74, 6) is -0.311. The molecule has 124 valence electrons. The number of aryl methyl sites for hydroxylation is 3. The molecule has 0 unspecified atom stereocenters. The van der Waals surface area contributed by atoms with Gasteiger partial charge in [0.05, 0.1) is 0 Å². The Morgan fingerprint density at radius 1 is 1.09 bits per heavy atom. The number of hydrogen-bond acceptors (Lipinski definition) is 3. The van der Waals surface area contributed by atoms with Crippen molar-refractivity contribution < 1.29 is 14.3 Å². The lowest BCUT2D eigenvalue weighted by Crippen LogP contribution is -2.43. The lowest BCUT2D eigenvalue weighted by molar-refractivity contribution is -0.139. The third kappa shape index (κ3) is 2.99. The summed E-state index contributed by atoms with van der Waals surface area (Å²) in [6.45, 7) is 7.54. The van der Waals surface area contributed by atoms with E-state index in [9.17, 15) is 9.59 Å². The summed E-state index contributed by atoms with van der Waals surface area (Å²) in [6.07, 6.45) is 3.59. The molecule has 1 heterocycles. The van der Waals surface area contributed by atoms with Gasteiger partial charge in [-0.2, -0.15) is 0 Å². The molecule has 3 nitrogen and oxygen atoms in total. The lowest BCUT2D eigenvalue weighted by atomic mass is 9.63. The quantitative estimate of drug-likeness (QED) is 0.782. The molecule has 3 rings (SSSR count). The van der Waals surface area contributed by atoms with E-state index in [4.69, 9.17) is 4.74 Å². The van der Waals surface area contributed by atoms with Gasteiger partial charge < -0.3 is 4.74 Å².